The molecule has 0 saturated carbocycles. The topological polar surface area (TPSA) is 102 Å². The summed E-state index contributed by atoms with van der Waals surface area (Å²) in [6.07, 6.45) is 0.638. The molecule has 0 aliphatic heterocycles. The Morgan fingerprint density at radius 3 is 2.22 bits per heavy atom. The molecule has 1 rings (SSSR count). The van der Waals surface area contributed by atoms with E-state index in [0.717, 1.165) is 0 Å². The van der Waals surface area contributed by atoms with Crippen LogP contribution in [-0.2, 0) is 19.1 Å². The van der Waals surface area contributed by atoms with Crippen molar-refractivity contribution >= 4 is 85.7 Å². The van der Waals surface area contributed by atoms with Gasteiger partial charge >= 0.3 is 11.9 Å². The molecule has 0 radical (unpaired) electrons. The van der Waals surface area contributed by atoms with Crippen LogP contribution in [0.15, 0.2) is 6.07 Å². The molecule has 27 heavy (non-hydrogen) atoms. The van der Waals surface area contributed by atoms with E-state index in [1.54, 1.807) is 19.9 Å². The number of ether oxygens (including phenoxy) is 3. The molecule has 1 aromatic rings. The maximum Gasteiger partial charge on any atom is 0.340 e. The first kappa shape index (κ1) is 24.7. The van der Waals surface area contributed by atoms with E-state index in [1.165, 1.54) is 0 Å². The third-order valence-corrected chi connectivity index (χ3v) is 7.73. The van der Waals surface area contributed by atoms with Crippen molar-refractivity contribution in [2.75, 3.05) is 19.8 Å². The van der Waals surface area contributed by atoms with Crippen LogP contribution in [0.5, 0.6) is 5.75 Å². The van der Waals surface area contributed by atoms with Gasteiger partial charge in [0.25, 0.3) is 0 Å². The molecule has 0 bridgehead atoms. The van der Waals surface area contributed by atoms with Gasteiger partial charge in [0.2, 0.25) is 0 Å². The lowest BCUT2D eigenvalue weighted by Crippen LogP contribution is -2.29. The number of benzene rings is 1. The van der Waals surface area contributed by atoms with Gasteiger partial charge in [-0.15, -0.1) is 0 Å². The van der Waals surface area contributed by atoms with Crippen molar-refractivity contribution in [3.8, 4) is 5.75 Å². The van der Waals surface area contributed by atoms with Crippen LogP contribution in [0, 0.1) is 16.1 Å². The Morgan fingerprint density at radius 1 is 1.07 bits per heavy atom. The molecule has 0 spiro atoms. The van der Waals surface area contributed by atoms with Gasteiger partial charge in [0.1, 0.15) is 25.6 Å². The van der Waals surface area contributed by atoms with Crippen LogP contribution >= 0.6 is 67.8 Å². The van der Waals surface area contributed by atoms with E-state index in [9.17, 15) is 19.5 Å². The van der Waals surface area contributed by atoms with Gasteiger partial charge in [-0.1, -0.05) is 6.92 Å². The summed E-state index contributed by atoms with van der Waals surface area (Å²) in [6.45, 7) is 4.71. The average molecular weight is 715 g/mol. The molecule has 7 nitrogen and oxygen atoms in total. The highest BCUT2D eigenvalue weighted by atomic mass is 127. The van der Waals surface area contributed by atoms with Crippen LogP contribution in [0.2, 0.25) is 0 Å². The molecular weight excluding hydrogens is 697 g/mol. The molecule has 0 heterocycles. The van der Waals surface area contributed by atoms with E-state index in [-0.39, 0.29) is 30.5 Å². The Bertz CT molecular complexity index is 732. The monoisotopic (exact) mass is 715 g/mol. The zero-order valence-corrected chi connectivity index (χ0v) is 21.4. The summed E-state index contributed by atoms with van der Waals surface area (Å²) in [7, 11) is 0. The number of hydrogen-bond donors (Lipinski definition) is 0. The van der Waals surface area contributed by atoms with E-state index in [1.807, 2.05) is 74.7 Å². The first-order valence-electron chi connectivity index (χ1n) is 7.85. The van der Waals surface area contributed by atoms with Crippen molar-refractivity contribution in [3.63, 3.8) is 0 Å². The Balaban J connectivity index is 2.79. The van der Waals surface area contributed by atoms with E-state index in [4.69, 9.17) is 14.2 Å². The standard InChI is InChI=1S/C17H19I3O7/c1-4-17(2,3)16(24)26-6-5-25-15(23)12-13(19)9(18)7-10(14(12)20)27-8-11(21)22/h7H,4-6,8H2,1-3H3,(H,21,22)/p-1. The Kier molecular flexibility index (Phi) is 10.0. The number of carbonyl (C=O) groups excluding carboxylic acids is 3. The van der Waals surface area contributed by atoms with Gasteiger partial charge in [-0.3, -0.25) is 4.79 Å². The third kappa shape index (κ3) is 7.18. The number of rotatable bonds is 9. The highest BCUT2D eigenvalue weighted by Crippen LogP contribution is 2.33. The van der Waals surface area contributed by atoms with E-state index in [2.05, 4.69) is 0 Å². The number of halogens is 3. The molecule has 0 aromatic heterocycles. The van der Waals surface area contributed by atoms with Crippen LogP contribution in [0.25, 0.3) is 0 Å². The van der Waals surface area contributed by atoms with Gasteiger partial charge in [-0.2, -0.15) is 0 Å². The summed E-state index contributed by atoms with van der Waals surface area (Å²) in [4.78, 5) is 35.0. The molecule has 0 fully saturated rings. The molecule has 0 unspecified atom stereocenters. The molecule has 0 aliphatic rings. The summed E-state index contributed by atoms with van der Waals surface area (Å²) in [5.74, 6) is -2.06. The van der Waals surface area contributed by atoms with Crippen LogP contribution < -0.4 is 9.84 Å². The number of hydrogen-bond acceptors (Lipinski definition) is 7. The predicted octanol–water partition coefficient (Wildman–Crippen LogP) is 2.77. The molecule has 0 atom stereocenters. The first-order valence-corrected chi connectivity index (χ1v) is 11.1. The number of carboxylic acid groups (broad SMARTS) is 1. The minimum absolute atomic E-state index is 0.0425. The number of esters is 2. The number of aliphatic carboxylic acids is 1. The van der Waals surface area contributed by atoms with Crippen molar-refractivity contribution in [2.24, 2.45) is 5.41 Å². The van der Waals surface area contributed by atoms with Gasteiger partial charge in [0.15, 0.2) is 0 Å². The highest BCUT2D eigenvalue weighted by Gasteiger charge is 2.27. The van der Waals surface area contributed by atoms with Gasteiger partial charge in [0.05, 0.1) is 20.5 Å². The quantitative estimate of drug-likeness (QED) is 0.168. The van der Waals surface area contributed by atoms with Gasteiger partial charge < -0.3 is 24.1 Å². The zero-order chi connectivity index (χ0) is 20.8. The van der Waals surface area contributed by atoms with Gasteiger partial charge in [-0.25, -0.2) is 4.79 Å². The molecule has 0 saturated heterocycles. The fourth-order valence-corrected chi connectivity index (χ4v) is 4.20. The third-order valence-electron chi connectivity index (χ3n) is 3.66. The van der Waals surface area contributed by atoms with Crippen molar-refractivity contribution in [2.45, 2.75) is 27.2 Å². The molecule has 0 N–H and O–H groups in total. The first-order chi connectivity index (χ1) is 12.5. The van der Waals surface area contributed by atoms with Crippen molar-refractivity contribution < 1.29 is 33.7 Å². The summed E-state index contributed by atoms with van der Waals surface area (Å²) in [5.41, 5.74) is -0.313. The highest BCUT2D eigenvalue weighted by molar-refractivity contribution is 14.1. The normalized spacial score (nSPS) is 11.0. The smallest absolute Gasteiger partial charge is 0.340 e. The Labute approximate surface area is 198 Å². The minimum Gasteiger partial charge on any atom is -0.546 e. The predicted molar refractivity (Wildman–Crippen MR) is 120 cm³/mol. The van der Waals surface area contributed by atoms with Gasteiger partial charge in [0, 0.05) is 7.14 Å². The summed E-state index contributed by atoms with van der Waals surface area (Å²) < 4.78 is 17.3. The molecule has 0 amide bonds. The van der Waals surface area contributed by atoms with Crippen LogP contribution in [0.1, 0.15) is 37.6 Å². The second kappa shape index (κ2) is 11.0. The fourth-order valence-electron chi connectivity index (χ4n) is 1.68. The lowest BCUT2D eigenvalue weighted by molar-refractivity contribution is -0.307. The van der Waals surface area contributed by atoms with E-state index in [0.29, 0.717) is 17.1 Å². The lowest BCUT2D eigenvalue weighted by Gasteiger charge is -2.20. The maximum atomic E-state index is 12.5. The SMILES string of the molecule is CCC(C)(C)C(=O)OCCOC(=O)c1c(I)c(I)cc(OCC(=O)[O-])c1I. The lowest BCUT2D eigenvalue weighted by atomic mass is 9.91. The van der Waals surface area contributed by atoms with Crippen molar-refractivity contribution in [1.82, 2.24) is 0 Å². The van der Waals surface area contributed by atoms with Crippen LogP contribution in [-0.4, -0.2) is 37.7 Å². The number of carbonyl (C=O) groups is 3. The van der Waals surface area contributed by atoms with Crippen molar-refractivity contribution in [3.05, 3.63) is 22.3 Å². The Hall–Kier alpha value is -0.380. The average Bonchev–Trinajstić information content (AvgIpc) is 2.60. The van der Waals surface area contributed by atoms with Crippen LogP contribution in [0.4, 0.5) is 0 Å². The zero-order valence-electron chi connectivity index (χ0n) is 14.9. The minimum atomic E-state index is -1.36. The van der Waals surface area contributed by atoms with E-state index < -0.39 is 24.0 Å². The van der Waals surface area contributed by atoms with Crippen LogP contribution in [0.3, 0.4) is 0 Å². The summed E-state index contributed by atoms with van der Waals surface area (Å²) in [6, 6.07) is 1.64. The molecule has 0 aliphatic carbocycles. The number of carboxylic acids is 1. The molecule has 150 valence electrons. The molecule has 1 aromatic carbocycles. The summed E-state index contributed by atoms with van der Waals surface area (Å²) in [5, 5.41) is 10.6. The largest absolute Gasteiger partial charge is 0.546 e. The molecule has 10 heteroatoms. The second-order valence-electron chi connectivity index (χ2n) is 6.03. The van der Waals surface area contributed by atoms with Crippen molar-refractivity contribution in [1.29, 1.82) is 0 Å². The fraction of sp³-hybridized carbons (Fsp3) is 0.471. The maximum absolute atomic E-state index is 12.5. The summed E-state index contributed by atoms with van der Waals surface area (Å²) >= 11 is 5.93. The second-order valence-corrected chi connectivity index (χ2v) is 9.35. The van der Waals surface area contributed by atoms with E-state index >= 15 is 0 Å². The Morgan fingerprint density at radius 2 is 1.67 bits per heavy atom. The van der Waals surface area contributed by atoms with Gasteiger partial charge in [-0.05, 0) is 94.1 Å². The molecular formula is C17H18I3O7-.